The molecule has 0 aromatic rings. The van der Waals surface area contributed by atoms with Crippen molar-refractivity contribution in [3.8, 4) is 0 Å². The fraction of sp³-hybridized carbons (Fsp3) is 0.750. The van der Waals surface area contributed by atoms with Crippen LogP contribution in [0.5, 0.6) is 0 Å². The Morgan fingerprint density at radius 1 is 1.14 bits per heavy atom. The van der Waals surface area contributed by atoms with Gasteiger partial charge in [-0.3, -0.25) is 9.35 Å². The number of carboxylic acids is 2. The molecule has 0 aromatic heterocycles. The summed E-state index contributed by atoms with van der Waals surface area (Å²) in [6, 6.07) is -1.64. The molecule has 0 saturated carbocycles. The first kappa shape index (κ1) is 24.1. The molecule has 1 heterocycles. The van der Waals surface area contributed by atoms with Crippen molar-refractivity contribution in [1.82, 2.24) is 5.32 Å². The third-order valence-electron chi connectivity index (χ3n) is 3.52. The Morgan fingerprint density at radius 2 is 1.71 bits per heavy atom. The summed E-state index contributed by atoms with van der Waals surface area (Å²) in [7, 11) is -4.97. The molecule has 0 spiro atoms. The van der Waals surface area contributed by atoms with Crippen molar-refractivity contribution in [2.45, 2.75) is 49.8 Å². The lowest BCUT2D eigenvalue weighted by molar-refractivity contribution is -0.286. The van der Waals surface area contributed by atoms with Gasteiger partial charge in [0.2, 0.25) is 5.91 Å². The fourth-order valence-corrected chi connectivity index (χ4v) is 2.57. The van der Waals surface area contributed by atoms with Gasteiger partial charge in [0.05, 0.1) is 6.61 Å². The Bertz CT molecular complexity index is 694. The number of hydrogen-bond donors (Lipinski definition) is 7. The van der Waals surface area contributed by atoms with Crippen molar-refractivity contribution in [3.63, 3.8) is 0 Å². The van der Waals surface area contributed by atoms with Crippen LogP contribution in [0.1, 0.15) is 6.92 Å². The van der Waals surface area contributed by atoms with Crippen LogP contribution in [0, 0.1) is 0 Å². The molecule has 7 N–H and O–H groups in total. The number of amides is 1. The quantitative estimate of drug-likeness (QED) is 0.170. The summed E-state index contributed by atoms with van der Waals surface area (Å²) < 4.78 is 43.8. The van der Waals surface area contributed by atoms with Crippen LogP contribution in [0.15, 0.2) is 0 Å². The van der Waals surface area contributed by atoms with Gasteiger partial charge >= 0.3 is 22.3 Å². The second-order valence-corrected chi connectivity index (χ2v) is 6.73. The average molecular weight is 433 g/mol. The summed E-state index contributed by atoms with van der Waals surface area (Å²) >= 11 is 0. The van der Waals surface area contributed by atoms with Crippen molar-refractivity contribution in [3.05, 3.63) is 0 Å². The third-order valence-corrected chi connectivity index (χ3v) is 3.95. The summed E-state index contributed by atoms with van der Waals surface area (Å²) in [5, 5.41) is 49.5. The van der Waals surface area contributed by atoms with Gasteiger partial charge < -0.3 is 40.3 Å². The van der Waals surface area contributed by atoms with Gasteiger partial charge in [-0.1, -0.05) is 0 Å². The molecule has 0 radical (unpaired) electrons. The largest absolute Gasteiger partial charge is 0.479 e. The molecule has 0 bridgehead atoms. The van der Waals surface area contributed by atoms with Crippen LogP contribution >= 0.6 is 0 Å². The van der Waals surface area contributed by atoms with E-state index >= 15 is 0 Å². The van der Waals surface area contributed by atoms with E-state index in [0.29, 0.717) is 0 Å². The molecule has 7 unspecified atom stereocenters. The first-order valence-corrected chi connectivity index (χ1v) is 8.80. The first-order valence-electron chi connectivity index (χ1n) is 7.44. The Labute approximate surface area is 157 Å². The van der Waals surface area contributed by atoms with E-state index in [4.69, 9.17) is 24.2 Å². The van der Waals surface area contributed by atoms with E-state index < -0.39 is 77.7 Å². The zero-order valence-electron chi connectivity index (χ0n) is 14.1. The number of ether oxygens (including phenoxy) is 2. The molecule has 1 aliphatic heterocycles. The highest BCUT2D eigenvalue weighted by Gasteiger charge is 2.48. The van der Waals surface area contributed by atoms with Gasteiger partial charge in [-0.15, -0.1) is 0 Å². The normalized spacial score (nSPS) is 30.2. The van der Waals surface area contributed by atoms with E-state index in [2.05, 4.69) is 9.50 Å². The number of rotatable bonds is 9. The molecule has 162 valence electrons. The maximum absolute atomic E-state index is 11.3. The second kappa shape index (κ2) is 9.52. The molecule has 28 heavy (non-hydrogen) atoms. The van der Waals surface area contributed by atoms with Crippen LogP contribution in [0.3, 0.4) is 0 Å². The lowest BCUT2D eigenvalue weighted by Crippen LogP contribution is -2.66. The molecule has 0 aromatic carbocycles. The zero-order valence-corrected chi connectivity index (χ0v) is 14.9. The Balaban J connectivity index is 3.12. The van der Waals surface area contributed by atoms with E-state index in [1.165, 1.54) is 0 Å². The maximum atomic E-state index is 11.3. The topological polar surface area (TPSA) is 246 Å². The van der Waals surface area contributed by atoms with Crippen LogP contribution in [-0.4, -0.2) is 106 Å². The van der Waals surface area contributed by atoms with Gasteiger partial charge in [-0.25, -0.2) is 13.8 Å². The van der Waals surface area contributed by atoms with Gasteiger partial charge in [0.15, 0.2) is 18.5 Å². The molecule has 0 aliphatic carbocycles. The summed E-state index contributed by atoms with van der Waals surface area (Å²) in [6.45, 7) is -0.0621. The SMILES string of the molecule is CC(=O)NC1C(OC(C(=O)O)C(O)C(=O)O)OC(COS(=O)(=O)O)C(O)C1O. The van der Waals surface area contributed by atoms with Gasteiger partial charge in [-0.2, -0.15) is 8.42 Å². The molecule has 1 fully saturated rings. The molecule has 1 amide bonds. The maximum Gasteiger partial charge on any atom is 0.397 e. The van der Waals surface area contributed by atoms with Crippen LogP contribution in [0.2, 0.25) is 0 Å². The van der Waals surface area contributed by atoms with Crippen molar-refractivity contribution in [1.29, 1.82) is 0 Å². The number of aliphatic hydroxyl groups is 3. The number of nitrogens with one attached hydrogen (secondary N) is 1. The number of carboxylic acid groups (broad SMARTS) is 2. The van der Waals surface area contributed by atoms with Crippen LogP contribution < -0.4 is 5.32 Å². The zero-order chi connectivity index (χ0) is 21.8. The van der Waals surface area contributed by atoms with E-state index in [1.54, 1.807) is 0 Å². The minimum atomic E-state index is -4.97. The number of hydrogen-bond acceptors (Lipinski definition) is 11. The lowest BCUT2D eigenvalue weighted by atomic mass is 9.96. The summed E-state index contributed by atoms with van der Waals surface area (Å²) in [6.07, 6.45) is -12.5. The molecule has 15 nitrogen and oxygen atoms in total. The Kier molecular flexibility index (Phi) is 8.20. The highest BCUT2D eigenvalue weighted by atomic mass is 32.3. The molecular formula is C12H19NO14S. The summed E-state index contributed by atoms with van der Waals surface area (Å²) in [5.74, 6) is -4.69. The molecule has 1 rings (SSSR count). The fourth-order valence-electron chi connectivity index (χ4n) is 2.27. The lowest BCUT2D eigenvalue weighted by Gasteiger charge is -2.43. The van der Waals surface area contributed by atoms with E-state index in [9.17, 15) is 38.1 Å². The average Bonchev–Trinajstić information content (AvgIpc) is 2.55. The number of carbonyl (C=O) groups excluding carboxylic acids is 1. The van der Waals surface area contributed by atoms with E-state index in [0.717, 1.165) is 6.92 Å². The molecule has 1 aliphatic rings. The van der Waals surface area contributed by atoms with Gasteiger partial charge in [0, 0.05) is 6.92 Å². The minimum Gasteiger partial charge on any atom is -0.479 e. The number of aliphatic carboxylic acids is 2. The molecule has 16 heteroatoms. The van der Waals surface area contributed by atoms with Crippen molar-refractivity contribution in [2.24, 2.45) is 0 Å². The monoisotopic (exact) mass is 433 g/mol. The van der Waals surface area contributed by atoms with Crippen molar-refractivity contribution >= 4 is 28.2 Å². The van der Waals surface area contributed by atoms with E-state index in [-0.39, 0.29) is 0 Å². The van der Waals surface area contributed by atoms with Crippen LogP contribution in [-0.2, 0) is 38.4 Å². The van der Waals surface area contributed by atoms with Crippen molar-refractivity contribution in [2.75, 3.05) is 6.61 Å². The first-order chi connectivity index (χ1) is 12.7. The van der Waals surface area contributed by atoms with Crippen LogP contribution in [0.4, 0.5) is 0 Å². The number of carbonyl (C=O) groups is 3. The predicted octanol–water partition coefficient (Wildman–Crippen LogP) is -4.33. The molecule has 1 saturated heterocycles. The molecular weight excluding hydrogens is 414 g/mol. The van der Waals surface area contributed by atoms with Gasteiger partial charge in [-0.05, 0) is 0 Å². The highest BCUT2D eigenvalue weighted by Crippen LogP contribution is 2.24. The van der Waals surface area contributed by atoms with Gasteiger partial charge in [0.1, 0.15) is 24.4 Å². The van der Waals surface area contributed by atoms with Crippen molar-refractivity contribution < 1.29 is 66.5 Å². The number of aliphatic hydroxyl groups excluding tert-OH is 3. The summed E-state index contributed by atoms with van der Waals surface area (Å²) in [4.78, 5) is 33.3. The standard InChI is InChI=1S/C12H19NO14S/c1-3(14)13-5-7(16)6(15)4(2-25-28(22,23)24)26-12(5)27-9(11(20)21)8(17)10(18)19/h4-9,12,15-17H,2H2,1H3,(H,13,14)(H,18,19)(H,20,21)(H,22,23,24). The smallest absolute Gasteiger partial charge is 0.397 e. The highest BCUT2D eigenvalue weighted by molar-refractivity contribution is 7.80. The third kappa shape index (κ3) is 6.60. The Hall–Kier alpha value is -1.92. The van der Waals surface area contributed by atoms with Crippen LogP contribution in [0.25, 0.3) is 0 Å². The predicted molar refractivity (Wildman–Crippen MR) is 81.9 cm³/mol. The minimum absolute atomic E-state index is 0.785. The molecule has 7 atom stereocenters. The van der Waals surface area contributed by atoms with E-state index in [1.807, 2.05) is 0 Å². The second-order valence-electron chi connectivity index (χ2n) is 5.64. The van der Waals surface area contributed by atoms with Gasteiger partial charge in [0.25, 0.3) is 0 Å². The Morgan fingerprint density at radius 3 is 2.14 bits per heavy atom. The summed E-state index contributed by atoms with van der Waals surface area (Å²) in [5.41, 5.74) is 0.